The minimum Gasteiger partial charge on any atom is -0.488 e. The summed E-state index contributed by atoms with van der Waals surface area (Å²) >= 11 is 0. The summed E-state index contributed by atoms with van der Waals surface area (Å²) in [5, 5.41) is 0. The number of fused-ring (bicyclic) bond motifs is 1. The Balaban J connectivity index is 1.45. The number of rotatable bonds is 5. The third-order valence-corrected chi connectivity index (χ3v) is 6.09. The molecule has 1 saturated heterocycles. The minimum absolute atomic E-state index is 0.0233. The van der Waals surface area contributed by atoms with Crippen LogP contribution in [0.2, 0.25) is 0 Å². The van der Waals surface area contributed by atoms with Gasteiger partial charge in [0.1, 0.15) is 11.4 Å². The van der Waals surface area contributed by atoms with Gasteiger partial charge in [-0.1, -0.05) is 18.2 Å². The first-order valence-corrected chi connectivity index (χ1v) is 11.5. The molecule has 0 saturated carbocycles. The van der Waals surface area contributed by atoms with Gasteiger partial charge in [-0.2, -0.15) is 0 Å². The van der Waals surface area contributed by atoms with E-state index in [-0.39, 0.29) is 35.6 Å². The van der Waals surface area contributed by atoms with E-state index in [2.05, 4.69) is 6.07 Å². The van der Waals surface area contributed by atoms with Crippen molar-refractivity contribution in [2.24, 2.45) is 0 Å². The van der Waals surface area contributed by atoms with Crippen LogP contribution in [0.25, 0.3) is 0 Å². The van der Waals surface area contributed by atoms with Crippen LogP contribution in [0, 0.1) is 5.82 Å². The van der Waals surface area contributed by atoms with Crippen molar-refractivity contribution in [1.82, 2.24) is 4.90 Å². The maximum Gasteiger partial charge on any atom is 0.253 e. The van der Waals surface area contributed by atoms with E-state index >= 15 is 0 Å². The first kappa shape index (κ1) is 22.6. The second-order valence-corrected chi connectivity index (χ2v) is 9.30. The number of para-hydroxylation sites is 1. The van der Waals surface area contributed by atoms with Gasteiger partial charge >= 0.3 is 0 Å². The van der Waals surface area contributed by atoms with Crippen LogP contribution >= 0.6 is 0 Å². The lowest BCUT2D eigenvalue weighted by Crippen LogP contribution is -2.52. The number of carbonyl (C=O) groups is 1. The largest absolute Gasteiger partial charge is 0.488 e. The van der Waals surface area contributed by atoms with Crippen LogP contribution in [0.5, 0.6) is 11.5 Å². The number of benzene rings is 2. The van der Waals surface area contributed by atoms with Crippen LogP contribution in [0.1, 0.15) is 69.0 Å². The summed E-state index contributed by atoms with van der Waals surface area (Å²) in [5.41, 5.74) is 1.07. The summed E-state index contributed by atoms with van der Waals surface area (Å²) in [6.45, 7) is 8.88. The van der Waals surface area contributed by atoms with Crippen LogP contribution in [-0.4, -0.2) is 41.7 Å². The molecule has 1 unspecified atom stereocenters. The molecule has 1 spiro atoms. The molecule has 0 bridgehead atoms. The van der Waals surface area contributed by atoms with Gasteiger partial charge < -0.3 is 19.1 Å². The first-order chi connectivity index (χ1) is 15.3. The highest BCUT2D eigenvalue weighted by Crippen LogP contribution is 2.46. The van der Waals surface area contributed by atoms with Crippen molar-refractivity contribution in [3.8, 4) is 11.5 Å². The fourth-order valence-corrected chi connectivity index (χ4v) is 4.60. The Morgan fingerprint density at radius 3 is 2.47 bits per heavy atom. The number of likely N-dealkylation sites (tertiary alicyclic amines) is 1. The number of ether oxygens (including phenoxy) is 3. The molecule has 4 rings (SSSR count). The fraction of sp³-hybridized carbons (Fsp3) is 0.500. The lowest BCUT2D eigenvalue weighted by Gasteiger charge is -2.47. The molecule has 5 nitrogen and oxygen atoms in total. The number of piperidine rings is 1. The topological polar surface area (TPSA) is 48.0 Å². The van der Waals surface area contributed by atoms with Crippen LogP contribution in [-0.2, 0) is 4.74 Å². The molecule has 0 N–H and O–H groups in total. The van der Waals surface area contributed by atoms with E-state index in [1.807, 2.05) is 45.9 Å². The molecule has 6 heteroatoms. The van der Waals surface area contributed by atoms with E-state index in [0.29, 0.717) is 31.5 Å². The molecular formula is C26H32FNO4. The van der Waals surface area contributed by atoms with Gasteiger partial charge in [0, 0.05) is 43.5 Å². The van der Waals surface area contributed by atoms with E-state index in [4.69, 9.17) is 14.2 Å². The summed E-state index contributed by atoms with van der Waals surface area (Å²) in [6, 6.07) is 12.5. The van der Waals surface area contributed by atoms with E-state index in [0.717, 1.165) is 17.7 Å². The average Bonchev–Trinajstić information content (AvgIpc) is 2.74. The number of carbonyl (C=O) groups excluding carboxylic acids is 1. The summed E-state index contributed by atoms with van der Waals surface area (Å²) in [7, 11) is 0. The molecule has 1 fully saturated rings. The molecule has 1 atom stereocenters. The summed E-state index contributed by atoms with van der Waals surface area (Å²) in [5.74, 6) is 0.353. The highest BCUT2D eigenvalue weighted by Gasteiger charge is 2.44. The van der Waals surface area contributed by atoms with Crippen molar-refractivity contribution in [3.05, 3.63) is 59.4 Å². The van der Waals surface area contributed by atoms with E-state index in [1.54, 1.807) is 11.0 Å². The van der Waals surface area contributed by atoms with Crippen LogP contribution in [0.3, 0.4) is 0 Å². The Labute approximate surface area is 189 Å². The van der Waals surface area contributed by atoms with Gasteiger partial charge in [-0.25, -0.2) is 4.39 Å². The Morgan fingerprint density at radius 2 is 1.81 bits per heavy atom. The summed E-state index contributed by atoms with van der Waals surface area (Å²) in [4.78, 5) is 14.8. The summed E-state index contributed by atoms with van der Waals surface area (Å²) in [6.07, 6.45) is 2.14. The third kappa shape index (κ3) is 4.75. The van der Waals surface area contributed by atoms with Crippen LogP contribution in [0.4, 0.5) is 4.39 Å². The normalized spacial score (nSPS) is 19.7. The van der Waals surface area contributed by atoms with E-state index in [1.165, 1.54) is 12.1 Å². The van der Waals surface area contributed by atoms with Gasteiger partial charge in [0.2, 0.25) is 0 Å². The highest BCUT2D eigenvalue weighted by molar-refractivity contribution is 5.94. The molecule has 2 aromatic carbocycles. The molecule has 1 amide bonds. The number of hydrogen-bond acceptors (Lipinski definition) is 4. The second-order valence-electron chi connectivity index (χ2n) is 9.30. The second kappa shape index (κ2) is 9.10. The predicted octanol–water partition coefficient (Wildman–Crippen LogP) is 5.54. The molecule has 2 aliphatic heterocycles. The zero-order chi connectivity index (χ0) is 22.9. The Kier molecular flexibility index (Phi) is 6.42. The van der Waals surface area contributed by atoms with Crippen LogP contribution < -0.4 is 9.47 Å². The molecule has 2 aliphatic rings. The van der Waals surface area contributed by atoms with Crippen LogP contribution in [0.15, 0.2) is 42.5 Å². The molecule has 2 heterocycles. The maximum atomic E-state index is 14.4. The molecule has 0 aromatic heterocycles. The summed E-state index contributed by atoms with van der Waals surface area (Å²) < 4.78 is 32.5. The molecule has 2 aromatic rings. The molecule has 32 heavy (non-hydrogen) atoms. The zero-order valence-corrected chi connectivity index (χ0v) is 19.3. The molecular weight excluding hydrogens is 409 g/mol. The standard InChI is InChI=1S/C26H32FNO4/c1-17(2)30-23-10-9-19(15-21(23)27)25(29)28-13-11-26(12-14-28)16-24(31-18(3)4)20-7-5-6-8-22(20)32-26/h5-10,15,17-18,24H,11-14,16H2,1-4H3. The van der Waals surface area contributed by atoms with Gasteiger partial charge in [-0.3, -0.25) is 4.79 Å². The minimum atomic E-state index is -0.515. The van der Waals surface area contributed by atoms with E-state index in [9.17, 15) is 9.18 Å². The van der Waals surface area contributed by atoms with Gasteiger partial charge in [-0.15, -0.1) is 0 Å². The van der Waals surface area contributed by atoms with Crippen molar-refractivity contribution >= 4 is 5.91 Å². The number of halogens is 1. The molecule has 0 radical (unpaired) electrons. The van der Waals surface area contributed by atoms with Gasteiger partial charge in [0.25, 0.3) is 5.91 Å². The lowest BCUT2D eigenvalue weighted by atomic mass is 9.81. The Morgan fingerprint density at radius 1 is 1.09 bits per heavy atom. The lowest BCUT2D eigenvalue weighted by molar-refractivity contribution is -0.0872. The van der Waals surface area contributed by atoms with Crippen molar-refractivity contribution in [2.75, 3.05) is 13.1 Å². The van der Waals surface area contributed by atoms with Gasteiger partial charge in [-0.05, 0) is 52.0 Å². The molecule has 0 aliphatic carbocycles. The maximum absolute atomic E-state index is 14.4. The number of amides is 1. The average molecular weight is 442 g/mol. The monoisotopic (exact) mass is 441 g/mol. The van der Waals surface area contributed by atoms with E-state index < -0.39 is 5.82 Å². The van der Waals surface area contributed by atoms with Crippen molar-refractivity contribution in [2.45, 2.75) is 70.9 Å². The fourth-order valence-electron chi connectivity index (χ4n) is 4.60. The number of nitrogens with zero attached hydrogens (tertiary/aromatic N) is 1. The highest BCUT2D eigenvalue weighted by atomic mass is 19.1. The smallest absolute Gasteiger partial charge is 0.253 e. The first-order valence-electron chi connectivity index (χ1n) is 11.5. The van der Waals surface area contributed by atoms with Gasteiger partial charge in [0.05, 0.1) is 18.3 Å². The quantitative estimate of drug-likeness (QED) is 0.612. The van der Waals surface area contributed by atoms with Crippen molar-refractivity contribution in [1.29, 1.82) is 0 Å². The third-order valence-electron chi connectivity index (χ3n) is 6.09. The Bertz CT molecular complexity index is 966. The number of hydrogen-bond donors (Lipinski definition) is 0. The van der Waals surface area contributed by atoms with Crippen molar-refractivity contribution in [3.63, 3.8) is 0 Å². The predicted molar refractivity (Wildman–Crippen MR) is 121 cm³/mol. The van der Waals surface area contributed by atoms with Gasteiger partial charge in [0.15, 0.2) is 11.6 Å². The zero-order valence-electron chi connectivity index (χ0n) is 19.3. The molecule has 172 valence electrons. The van der Waals surface area contributed by atoms with Crippen molar-refractivity contribution < 1.29 is 23.4 Å². The Hall–Kier alpha value is -2.60. The SMILES string of the molecule is CC(C)Oc1ccc(C(=O)N2CCC3(CC2)CC(OC(C)C)c2ccccc2O3)cc1F.